The van der Waals surface area contributed by atoms with E-state index in [4.69, 9.17) is 0 Å². The number of nitrogens with zero attached hydrogens (tertiary/aromatic N) is 3. The summed E-state index contributed by atoms with van der Waals surface area (Å²) in [5.74, 6) is 0. The van der Waals surface area contributed by atoms with Crippen molar-refractivity contribution in [3.8, 4) is 17.2 Å². The number of rotatable bonds is 3. The molecule has 1 heterocycles. The average Bonchev–Trinajstić information content (AvgIpc) is 3.05. The Balaban J connectivity index is 1.64. The summed E-state index contributed by atoms with van der Waals surface area (Å²) in [6.45, 7) is 0.778. The number of fused-ring (bicyclic) bond motifs is 1. The van der Waals surface area contributed by atoms with E-state index in [0.29, 0.717) is 5.56 Å². The maximum Gasteiger partial charge on any atom is 0.0998 e. The van der Waals surface area contributed by atoms with Crippen molar-refractivity contribution >= 4 is 11.0 Å². The van der Waals surface area contributed by atoms with E-state index < -0.39 is 0 Å². The first-order valence-corrected chi connectivity index (χ1v) is 7.83. The van der Waals surface area contributed by atoms with Crippen molar-refractivity contribution < 1.29 is 0 Å². The molecule has 3 heteroatoms. The summed E-state index contributed by atoms with van der Waals surface area (Å²) < 4.78 is 2.15. The second-order valence-corrected chi connectivity index (χ2v) is 5.72. The SMILES string of the molecule is N#Cc1ccccc1-c1ccc(Cn2cnc3ccccc32)cc1. The molecule has 0 unspecified atom stereocenters. The monoisotopic (exact) mass is 309 g/mol. The average molecular weight is 309 g/mol. The molecular formula is C21H15N3. The molecule has 0 spiro atoms. The third kappa shape index (κ3) is 2.55. The van der Waals surface area contributed by atoms with Crippen LogP contribution >= 0.6 is 0 Å². The van der Waals surface area contributed by atoms with E-state index in [2.05, 4.69) is 46.0 Å². The van der Waals surface area contributed by atoms with Crippen LogP contribution in [-0.4, -0.2) is 9.55 Å². The molecular weight excluding hydrogens is 294 g/mol. The first-order valence-electron chi connectivity index (χ1n) is 7.83. The van der Waals surface area contributed by atoms with Crippen LogP contribution in [0.15, 0.2) is 79.1 Å². The molecule has 0 aliphatic heterocycles. The van der Waals surface area contributed by atoms with E-state index in [1.54, 1.807) is 0 Å². The summed E-state index contributed by atoms with van der Waals surface area (Å²) in [6.07, 6.45) is 1.88. The van der Waals surface area contributed by atoms with Gasteiger partial charge in [0.2, 0.25) is 0 Å². The Kier molecular flexibility index (Phi) is 3.57. The van der Waals surface area contributed by atoms with Gasteiger partial charge < -0.3 is 4.57 Å². The fourth-order valence-corrected chi connectivity index (χ4v) is 2.96. The van der Waals surface area contributed by atoms with Gasteiger partial charge in [-0.15, -0.1) is 0 Å². The van der Waals surface area contributed by atoms with Gasteiger partial charge in [0.25, 0.3) is 0 Å². The summed E-state index contributed by atoms with van der Waals surface area (Å²) in [4.78, 5) is 4.43. The zero-order chi connectivity index (χ0) is 16.4. The highest BCUT2D eigenvalue weighted by atomic mass is 15.0. The summed E-state index contributed by atoms with van der Waals surface area (Å²) in [5, 5.41) is 9.25. The molecule has 1 aromatic heterocycles. The number of benzene rings is 3. The second-order valence-electron chi connectivity index (χ2n) is 5.72. The number of nitriles is 1. The lowest BCUT2D eigenvalue weighted by Gasteiger charge is -2.07. The molecule has 0 fully saturated rings. The van der Waals surface area contributed by atoms with Gasteiger partial charge in [-0.3, -0.25) is 0 Å². The lowest BCUT2D eigenvalue weighted by atomic mass is 9.99. The number of imidazole rings is 1. The molecule has 114 valence electrons. The fraction of sp³-hybridized carbons (Fsp3) is 0.0476. The minimum absolute atomic E-state index is 0.700. The molecule has 0 N–H and O–H groups in total. The lowest BCUT2D eigenvalue weighted by Crippen LogP contribution is -1.97. The molecule has 0 bridgehead atoms. The van der Waals surface area contributed by atoms with Gasteiger partial charge in [-0.2, -0.15) is 5.26 Å². The molecule has 0 amide bonds. The molecule has 0 saturated heterocycles. The Morgan fingerprint density at radius 2 is 1.62 bits per heavy atom. The van der Waals surface area contributed by atoms with Crippen LogP contribution < -0.4 is 0 Å². The van der Waals surface area contributed by atoms with E-state index in [1.165, 1.54) is 5.56 Å². The minimum atomic E-state index is 0.700. The summed E-state index contributed by atoms with van der Waals surface area (Å²) >= 11 is 0. The molecule has 4 aromatic rings. The Bertz CT molecular complexity index is 1040. The van der Waals surface area contributed by atoms with Crippen LogP contribution in [0, 0.1) is 11.3 Å². The lowest BCUT2D eigenvalue weighted by molar-refractivity contribution is 0.825. The van der Waals surface area contributed by atoms with Gasteiger partial charge in [0, 0.05) is 6.54 Å². The minimum Gasteiger partial charge on any atom is -0.326 e. The van der Waals surface area contributed by atoms with Gasteiger partial charge >= 0.3 is 0 Å². The highest BCUT2D eigenvalue weighted by Gasteiger charge is 2.05. The van der Waals surface area contributed by atoms with E-state index >= 15 is 0 Å². The van der Waals surface area contributed by atoms with Crippen molar-refractivity contribution in [1.29, 1.82) is 5.26 Å². The van der Waals surface area contributed by atoms with Gasteiger partial charge in [0.1, 0.15) is 0 Å². The van der Waals surface area contributed by atoms with Crippen molar-refractivity contribution in [1.82, 2.24) is 9.55 Å². The zero-order valence-corrected chi connectivity index (χ0v) is 13.1. The standard InChI is InChI=1S/C21H15N3/c22-13-18-5-1-2-6-19(18)17-11-9-16(10-12-17)14-24-15-23-20-7-3-4-8-21(20)24/h1-12,15H,14H2. The highest BCUT2D eigenvalue weighted by molar-refractivity contribution is 5.75. The van der Waals surface area contributed by atoms with E-state index in [9.17, 15) is 5.26 Å². The molecule has 0 aliphatic rings. The van der Waals surface area contributed by atoms with Crippen molar-refractivity contribution in [3.63, 3.8) is 0 Å². The predicted molar refractivity (Wildman–Crippen MR) is 95.4 cm³/mol. The largest absolute Gasteiger partial charge is 0.326 e. The topological polar surface area (TPSA) is 41.6 Å². The van der Waals surface area contributed by atoms with Crippen molar-refractivity contribution in [2.24, 2.45) is 0 Å². The van der Waals surface area contributed by atoms with Gasteiger partial charge in [-0.1, -0.05) is 54.6 Å². The van der Waals surface area contributed by atoms with Gasteiger partial charge in [0.15, 0.2) is 0 Å². The molecule has 4 rings (SSSR count). The summed E-state index contributed by atoms with van der Waals surface area (Å²) in [6, 6.07) is 26.4. The fourth-order valence-electron chi connectivity index (χ4n) is 2.96. The number of para-hydroxylation sites is 2. The predicted octanol–water partition coefficient (Wildman–Crippen LogP) is 4.62. The van der Waals surface area contributed by atoms with Gasteiger partial charge in [-0.05, 0) is 34.9 Å². The highest BCUT2D eigenvalue weighted by Crippen LogP contribution is 2.24. The van der Waals surface area contributed by atoms with Crippen LogP contribution in [0.3, 0.4) is 0 Å². The van der Waals surface area contributed by atoms with Gasteiger partial charge in [0.05, 0.1) is 29.0 Å². The molecule has 0 saturated carbocycles. The molecule has 3 aromatic carbocycles. The van der Waals surface area contributed by atoms with Gasteiger partial charge in [-0.25, -0.2) is 4.98 Å². The third-order valence-electron chi connectivity index (χ3n) is 4.19. The van der Waals surface area contributed by atoms with E-state index in [-0.39, 0.29) is 0 Å². The normalized spacial score (nSPS) is 10.6. The number of hydrogen-bond acceptors (Lipinski definition) is 2. The van der Waals surface area contributed by atoms with Crippen LogP contribution in [0.1, 0.15) is 11.1 Å². The van der Waals surface area contributed by atoms with Crippen LogP contribution in [0.2, 0.25) is 0 Å². The first kappa shape index (κ1) is 14.2. The number of hydrogen-bond donors (Lipinski definition) is 0. The Morgan fingerprint density at radius 3 is 2.46 bits per heavy atom. The molecule has 0 radical (unpaired) electrons. The molecule has 3 nitrogen and oxygen atoms in total. The number of aromatic nitrogens is 2. The Labute approximate surface area is 140 Å². The van der Waals surface area contributed by atoms with Crippen molar-refractivity contribution in [3.05, 3.63) is 90.3 Å². The van der Waals surface area contributed by atoms with Crippen LogP contribution in [-0.2, 0) is 6.54 Å². The van der Waals surface area contributed by atoms with Crippen molar-refractivity contribution in [2.45, 2.75) is 6.54 Å². The Hall–Kier alpha value is -3.38. The zero-order valence-electron chi connectivity index (χ0n) is 13.1. The van der Waals surface area contributed by atoms with E-state index in [0.717, 1.165) is 28.7 Å². The maximum atomic E-state index is 9.25. The molecule has 24 heavy (non-hydrogen) atoms. The summed E-state index contributed by atoms with van der Waals surface area (Å²) in [7, 11) is 0. The van der Waals surface area contributed by atoms with Crippen LogP contribution in [0.5, 0.6) is 0 Å². The maximum absolute atomic E-state index is 9.25. The smallest absolute Gasteiger partial charge is 0.0998 e. The Morgan fingerprint density at radius 1 is 0.875 bits per heavy atom. The van der Waals surface area contributed by atoms with Crippen molar-refractivity contribution in [2.75, 3.05) is 0 Å². The molecule has 0 aliphatic carbocycles. The third-order valence-corrected chi connectivity index (χ3v) is 4.19. The van der Waals surface area contributed by atoms with Crippen LogP contribution in [0.25, 0.3) is 22.2 Å². The van der Waals surface area contributed by atoms with E-state index in [1.807, 2.05) is 48.8 Å². The second kappa shape index (κ2) is 6.02. The molecule has 0 atom stereocenters. The first-order chi connectivity index (χ1) is 11.8. The quantitative estimate of drug-likeness (QED) is 0.554. The summed E-state index contributed by atoms with van der Waals surface area (Å²) in [5.41, 5.74) is 6.08. The van der Waals surface area contributed by atoms with Crippen LogP contribution in [0.4, 0.5) is 0 Å².